The molecule has 9 heteroatoms. The van der Waals surface area contributed by atoms with E-state index in [0.29, 0.717) is 29.3 Å². The molecular weight excluding hydrogens is 426 g/mol. The van der Waals surface area contributed by atoms with E-state index >= 15 is 0 Å². The molecule has 1 atom stereocenters. The van der Waals surface area contributed by atoms with Crippen LogP contribution in [0.15, 0.2) is 64.8 Å². The number of aliphatic imine (C=N–C) groups is 1. The van der Waals surface area contributed by atoms with Crippen LogP contribution in [0.3, 0.4) is 0 Å². The molecule has 0 bridgehead atoms. The highest BCUT2D eigenvalue weighted by atomic mass is 19.4. The molecule has 2 aromatic rings. The highest BCUT2D eigenvalue weighted by Gasteiger charge is 2.36. The summed E-state index contributed by atoms with van der Waals surface area (Å²) in [5.41, 5.74) is 1.01. The van der Waals surface area contributed by atoms with Crippen LogP contribution >= 0.6 is 0 Å². The molecule has 1 aliphatic rings. The van der Waals surface area contributed by atoms with Gasteiger partial charge >= 0.3 is 12.1 Å². The number of allylic oxidation sites excluding steroid dienone is 1. The van der Waals surface area contributed by atoms with E-state index in [1.54, 1.807) is 30.0 Å². The predicted molar refractivity (Wildman–Crippen MR) is 112 cm³/mol. The van der Waals surface area contributed by atoms with Gasteiger partial charge in [0.25, 0.3) is 0 Å². The van der Waals surface area contributed by atoms with Gasteiger partial charge in [0, 0.05) is 12.2 Å². The highest BCUT2D eigenvalue weighted by molar-refractivity contribution is 5.96. The first-order valence-corrected chi connectivity index (χ1v) is 9.95. The number of alkyl halides is 3. The first-order valence-electron chi connectivity index (χ1n) is 9.95. The third kappa shape index (κ3) is 4.92. The minimum Gasteiger partial charge on any atom is -0.466 e. The molecule has 1 unspecified atom stereocenters. The summed E-state index contributed by atoms with van der Waals surface area (Å²) in [5, 5.41) is 3.17. The van der Waals surface area contributed by atoms with E-state index in [-0.39, 0.29) is 12.1 Å². The normalized spacial score (nSPS) is 18.0. The molecule has 1 aliphatic heterocycles. The molecule has 1 N–H and O–H groups in total. The topological polar surface area (TPSA) is 53.9 Å². The van der Waals surface area contributed by atoms with Gasteiger partial charge in [0.15, 0.2) is 5.96 Å². The average molecular weight is 449 g/mol. The van der Waals surface area contributed by atoms with Crippen LogP contribution in [-0.2, 0) is 22.3 Å². The fourth-order valence-corrected chi connectivity index (χ4v) is 3.58. The lowest BCUT2D eigenvalue weighted by atomic mass is 9.94. The molecule has 170 valence electrons. The Balaban J connectivity index is 2.08. The van der Waals surface area contributed by atoms with Crippen molar-refractivity contribution in [3.05, 3.63) is 82.3 Å². The number of nitrogens with one attached hydrogen (secondary N) is 1. The van der Waals surface area contributed by atoms with Crippen molar-refractivity contribution in [2.75, 3.05) is 13.7 Å². The largest absolute Gasteiger partial charge is 0.466 e. The number of guanidine groups is 1. The Kier molecular flexibility index (Phi) is 6.86. The Hall–Kier alpha value is -3.36. The second-order valence-electron chi connectivity index (χ2n) is 7.20. The minimum atomic E-state index is -4.47. The van der Waals surface area contributed by atoms with Gasteiger partial charge in [-0.25, -0.2) is 9.18 Å². The van der Waals surface area contributed by atoms with Crippen LogP contribution in [0, 0.1) is 5.82 Å². The number of hydrogen-bond donors (Lipinski definition) is 1. The third-order valence-corrected chi connectivity index (χ3v) is 5.12. The summed E-state index contributed by atoms with van der Waals surface area (Å²) in [6.07, 6.45) is -4.47. The number of ether oxygens (including phenoxy) is 1. The first-order chi connectivity index (χ1) is 15.2. The van der Waals surface area contributed by atoms with Crippen molar-refractivity contribution in [3.8, 4) is 0 Å². The molecule has 0 aromatic heterocycles. The van der Waals surface area contributed by atoms with Crippen LogP contribution in [0.25, 0.3) is 0 Å². The number of hydrogen-bond acceptors (Lipinski definition) is 3. The lowest BCUT2D eigenvalue weighted by Gasteiger charge is -2.38. The Bertz CT molecular complexity index is 1050. The molecule has 0 radical (unpaired) electrons. The fraction of sp³-hybridized carbons (Fsp3) is 0.304. The van der Waals surface area contributed by atoms with E-state index in [1.807, 2.05) is 6.92 Å². The van der Waals surface area contributed by atoms with Crippen LogP contribution in [0.4, 0.5) is 17.6 Å². The molecule has 0 saturated heterocycles. The van der Waals surface area contributed by atoms with Gasteiger partial charge in [-0.05, 0) is 49.2 Å². The fourth-order valence-electron chi connectivity index (χ4n) is 3.58. The first kappa shape index (κ1) is 23.3. The molecule has 0 spiro atoms. The maximum Gasteiger partial charge on any atom is 0.416 e. The summed E-state index contributed by atoms with van der Waals surface area (Å²) in [7, 11) is 1.25. The molecule has 1 heterocycles. The number of carbonyl (C=O) groups is 1. The van der Waals surface area contributed by atoms with E-state index in [2.05, 4.69) is 10.3 Å². The minimum absolute atomic E-state index is 0.0538. The van der Waals surface area contributed by atoms with Crippen molar-refractivity contribution < 1.29 is 27.1 Å². The number of nitrogens with zero attached hydrogens (tertiary/aromatic N) is 2. The standard InChI is InChI=1S/C23H23F4N3O2/c1-4-28-22-29-20(16-8-10-18(24)11-9-16)19(21(31)32-3)14(2)30(22)13-15-6-5-7-17(12-15)23(25,26)27/h5-12,20H,4,13H2,1-3H3,(H,28,29). The summed E-state index contributed by atoms with van der Waals surface area (Å²) < 4.78 is 57.9. The number of methoxy groups -OCH3 is 1. The maximum absolute atomic E-state index is 13.4. The summed E-state index contributed by atoms with van der Waals surface area (Å²) in [6, 6.07) is 10.0. The van der Waals surface area contributed by atoms with Crippen LogP contribution < -0.4 is 5.32 Å². The Labute approximate surface area is 183 Å². The predicted octanol–water partition coefficient (Wildman–Crippen LogP) is 4.81. The van der Waals surface area contributed by atoms with Crippen LogP contribution in [0.2, 0.25) is 0 Å². The van der Waals surface area contributed by atoms with Crippen molar-refractivity contribution in [3.63, 3.8) is 0 Å². The number of carbonyl (C=O) groups excluding carboxylic acids is 1. The Morgan fingerprint density at radius 2 is 1.88 bits per heavy atom. The summed E-state index contributed by atoms with van der Waals surface area (Å²) >= 11 is 0. The van der Waals surface area contributed by atoms with Gasteiger partial charge in [0.05, 0.1) is 30.8 Å². The molecule has 2 aromatic carbocycles. The van der Waals surface area contributed by atoms with Crippen molar-refractivity contribution >= 4 is 11.9 Å². The van der Waals surface area contributed by atoms with Crippen molar-refractivity contribution in [2.24, 2.45) is 4.99 Å². The number of halogens is 4. The maximum atomic E-state index is 13.4. The number of esters is 1. The van der Waals surface area contributed by atoms with Crippen LogP contribution in [-0.4, -0.2) is 30.5 Å². The van der Waals surface area contributed by atoms with Gasteiger partial charge in [-0.1, -0.05) is 24.3 Å². The second-order valence-corrected chi connectivity index (χ2v) is 7.20. The van der Waals surface area contributed by atoms with E-state index in [4.69, 9.17) is 4.74 Å². The van der Waals surface area contributed by atoms with E-state index in [9.17, 15) is 22.4 Å². The Morgan fingerprint density at radius 1 is 1.19 bits per heavy atom. The van der Waals surface area contributed by atoms with Gasteiger partial charge in [0.2, 0.25) is 0 Å². The quantitative estimate of drug-likeness (QED) is 0.526. The summed E-state index contributed by atoms with van der Waals surface area (Å²) in [4.78, 5) is 18.8. The van der Waals surface area contributed by atoms with E-state index in [0.717, 1.165) is 12.1 Å². The van der Waals surface area contributed by atoms with Crippen molar-refractivity contribution in [2.45, 2.75) is 32.6 Å². The van der Waals surface area contributed by atoms with Crippen LogP contribution in [0.5, 0.6) is 0 Å². The number of benzene rings is 2. The van der Waals surface area contributed by atoms with Gasteiger partial charge in [0.1, 0.15) is 5.82 Å². The van der Waals surface area contributed by atoms with Gasteiger partial charge in [-0.3, -0.25) is 4.99 Å². The van der Waals surface area contributed by atoms with Crippen molar-refractivity contribution in [1.82, 2.24) is 10.2 Å². The number of rotatable bonds is 5. The summed E-state index contributed by atoms with van der Waals surface area (Å²) in [5.74, 6) is -0.628. The van der Waals surface area contributed by atoms with Gasteiger partial charge in [-0.15, -0.1) is 0 Å². The van der Waals surface area contributed by atoms with E-state index < -0.39 is 29.6 Å². The smallest absolute Gasteiger partial charge is 0.416 e. The zero-order valence-corrected chi connectivity index (χ0v) is 17.8. The monoisotopic (exact) mass is 449 g/mol. The zero-order chi connectivity index (χ0) is 23.5. The molecule has 0 fully saturated rings. The molecular formula is C23H23F4N3O2. The molecule has 5 nitrogen and oxygen atoms in total. The molecule has 0 saturated carbocycles. The van der Waals surface area contributed by atoms with Gasteiger partial charge in [-0.2, -0.15) is 13.2 Å². The second kappa shape index (κ2) is 9.42. The SMILES string of the molecule is CCN=C1NC(c2ccc(F)cc2)C(C(=O)OC)=C(C)N1Cc1cccc(C(F)(F)F)c1. The molecule has 0 aliphatic carbocycles. The van der Waals surface area contributed by atoms with Gasteiger partial charge < -0.3 is 15.0 Å². The molecule has 0 amide bonds. The highest BCUT2D eigenvalue weighted by Crippen LogP contribution is 2.33. The average Bonchev–Trinajstić information content (AvgIpc) is 2.76. The van der Waals surface area contributed by atoms with Crippen LogP contribution in [0.1, 0.15) is 36.6 Å². The van der Waals surface area contributed by atoms with E-state index in [1.165, 1.54) is 25.3 Å². The Morgan fingerprint density at radius 3 is 2.47 bits per heavy atom. The lowest BCUT2D eigenvalue weighted by Crippen LogP contribution is -2.48. The third-order valence-electron chi connectivity index (χ3n) is 5.12. The summed E-state index contributed by atoms with van der Waals surface area (Å²) in [6.45, 7) is 3.96. The van der Waals surface area contributed by atoms with Crippen molar-refractivity contribution in [1.29, 1.82) is 0 Å². The molecule has 32 heavy (non-hydrogen) atoms. The molecule has 3 rings (SSSR count). The zero-order valence-electron chi connectivity index (χ0n) is 17.8. The lowest BCUT2D eigenvalue weighted by molar-refractivity contribution is -0.138.